The summed E-state index contributed by atoms with van der Waals surface area (Å²) < 4.78 is 30.9. The van der Waals surface area contributed by atoms with Crippen LogP contribution in [-0.2, 0) is 21.2 Å². The second-order valence-corrected chi connectivity index (χ2v) is 13.0. The van der Waals surface area contributed by atoms with Crippen molar-refractivity contribution in [1.29, 1.82) is 0 Å². The third-order valence-corrected chi connectivity index (χ3v) is 8.50. The van der Waals surface area contributed by atoms with Gasteiger partial charge in [0, 0.05) is 34.4 Å². The minimum absolute atomic E-state index is 0.0968. The van der Waals surface area contributed by atoms with E-state index in [1.807, 2.05) is 29.0 Å². The van der Waals surface area contributed by atoms with Gasteiger partial charge in [-0.25, -0.2) is 18.2 Å². The van der Waals surface area contributed by atoms with Crippen LogP contribution in [0.4, 0.5) is 5.69 Å². The Balaban J connectivity index is 1.87. The number of aryl methyl sites for hydroxylation is 1. The minimum Gasteiger partial charge on any atom is -0.480 e. The van der Waals surface area contributed by atoms with Crippen LogP contribution in [0.5, 0.6) is 0 Å². The van der Waals surface area contributed by atoms with Gasteiger partial charge >= 0.3 is 5.97 Å². The van der Waals surface area contributed by atoms with Crippen LogP contribution in [-0.4, -0.2) is 46.8 Å². The predicted octanol–water partition coefficient (Wildman–Crippen LogP) is 5.95. The average Bonchev–Trinajstić information content (AvgIpc) is 3.27. The lowest BCUT2D eigenvalue weighted by molar-refractivity contribution is -0.140. The molecule has 0 amide bonds. The Morgan fingerprint density at radius 1 is 1.05 bits per heavy atom. The van der Waals surface area contributed by atoms with Crippen molar-refractivity contribution in [3.05, 3.63) is 82.6 Å². The number of benzene rings is 2. The zero-order valence-electron chi connectivity index (χ0n) is 21.7. The molecule has 0 bridgehead atoms. The van der Waals surface area contributed by atoms with Crippen LogP contribution in [0.1, 0.15) is 32.8 Å². The highest BCUT2D eigenvalue weighted by atomic mass is 35.5. The summed E-state index contributed by atoms with van der Waals surface area (Å²) in [6.45, 7) is 5.11. The Hall–Kier alpha value is -3.11. The van der Waals surface area contributed by atoms with Gasteiger partial charge in [0.2, 0.25) is 0 Å². The second kappa shape index (κ2) is 11.2. The van der Waals surface area contributed by atoms with Crippen molar-refractivity contribution in [1.82, 2.24) is 9.55 Å². The van der Waals surface area contributed by atoms with E-state index in [0.29, 0.717) is 24.0 Å². The number of nitrogens with zero attached hydrogens (tertiary/aromatic N) is 3. The number of carboxylic acids is 1. The van der Waals surface area contributed by atoms with Crippen LogP contribution in [0, 0.1) is 5.41 Å². The highest BCUT2D eigenvalue weighted by Gasteiger charge is 2.43. The highest BCUT2D eigenvalue weighted by Crippen LogP contribution is 2.37. The third kappa shape index (κ3) is 6.06. The molecule has 2 aromatic heterocycles. The molecule has 0 radical (unpaired) electrons. The van der Waals surface area contributed by atoms with Gasteiger partial charge in [-0.2, -0.15) is 0 Å². The Morgan fingerprint density at radius 3 is 2.36 bits per heavy atom. The second-order valence-electron chi connectivity index (χ2n) is 10.3. The van der Waals surface area contributed by atoms with Gasteiger partial charge in [-0.05, 0) is 78.4 Å². The molecule has 0 fully saturated rings. The summed E-state index contributed by atoms with van der Waals surface area (Å²) in [6, 6.07) is 13.1. The number of rotatable bonds is 9. The molecule has 0 aliphatic carbocycles. The fourth-order valence-electron chi connectivity index (χ4n) is 4.54. The normalized spacial score (nSPS) is 13.0. The number of aliphatic hydroxyl groups is 1. The monoisotopic (exact) mass is 589 g/mol. The molecule has 4 aromatic rings. The van der Waals surface area contributed by atoms with E-state index in [0.717, 1.165) is 15.4 Å². The molecule has 8 nitrogen and oxygen atoms in total. The van der Waals surface area contributed by atoms with Crippen molar-refractivity contribution in [3.63, 3.8) is 0 Å². The molecule has 11 heteroatoms. The van der Waals surface area contributed by atoms with Crippen LogP contribution < -0.4 is 4.31 Å². The van der Waals surface area contributed by atoms with E-state index < -0.39 is 27.4 Å². The van der Waals surface area contributed by atoms with Crippen molar-refractivity contribution in [2.24, 2.45) is 5.41 Å². The first-order valence-electron chi connectivity index (χ1n) is 12.2. The molecule has 0 aliphatic heterocycles. The standard InChI is InChI=1S/C28H29Cl2N3O5S/c1-28(2,3)26(27(35)36)33(39(37,38)23-16-20(29)15-21(30)17-23)22-6-7-24-19(14-22)9-11-32(24)25-13-18(5-4-12-34)8-10-31-25/h6-11,13-17,26,34H,4-5,12H2,1-3H3,(H,35,36). The number of halogens is 2. The van der Waals surface area contributed by atoms with Gasteiger partial charge in [-0.15, -0.1) is 0 Å². The van der Waals surface area contributed by atoms with E-state index in [9.17, 15) is 18.3 Å². The number of fused-ring (bicyclic) bond motifs is 1. The molecular formula is C28H29Cl2N3O5S. The van der Waals surface area contributed by atoms with Crippen LogP contribution in [0.25, 0.3) is 16.7 Å². The quantitative estimate of drug-likeness (QED) is 0.249. The number of carboxylic acid groups (broad SMARTS) is 1. The maximum absolute atomic E-state index is 14.0. The number of aliphatic hydroxyl groups excluding tert-OH is 1. The van der Waals surface area contributed by atoms with Crippen LogP contribution in [0.3, 0.4) is 0 Å². The van der Waals surface area contributed by atoms with Crippen LogP contribution in [0.15, 0.2) is 71.9 Å². The van der Waals surface area contributed by atoms with Crippen molar-refractivity contribution in [3.8, 4) is 5.82 Å². The molecule has 2 N–H and O–H groups in total. The first kappa shape index (κ1) is 28.9. The Kier molecular flexibility index (Phi) is 8.28. The summed E-state index contributed by atoms with van der Waals surface area (Å²) in [7, 11) is -4.41. The van der Waals surface area contributed by atoms with Gasteiger partial charge in [0.1, 0.15) is 11.9 Å². The summed E-state index contributed by atoms with van der Waals surface area (Å²) in [5.74, 6) is -0.620. The molecule has 0 saturated carbocycles. The minimum atomic E-state index is -4.41. The summed E-state index contributed by atoms with van der Waals surface area (Å²) in [4.78, 5) is 16.8. The summed E-state index contributed by atoms with van der Waals surface area (Å²) >= 11 is 12.2. The van der Waals surface area contributed by atoms with E-state index in [4.69, 9.17) is 28.3 Å². The number of hydrogen-bond donors (Lipinski definition) is 2. The smallest absolute Gasteiger partial charge is 0.328 e. The molecule has 0 spiro atoms. The zero-order valence-corrected chi connectivity index (χ0v) is 24.0. The number of carbonyl (C=O) groups is 1. The van der Waals surface area contributed by atoms with Crippen molar-refractivity contribution < 1.29 is 23.4 Å². The number of aromatic nitrogens is 2. The van der Waals surface area contributed by atoms with E-state index in [2.05, 4.69) is 4.98 Å². The first-order valence-corrected chi connectivity index (χ1v) is 14.4. The van der Waals surface area contributed by atoms with Crippen LogP contribution in [0.2, 0.25) is 10.0 Å². The number of sulfonamides is 1. The molecule has 2 heterocycles. The molecule has 4 rings (SSSR count). The van der Waals surface area contributed by atoms with E-state index in [-0.39, 0.29) is 27.2 Å². The molecule has 1 unspecified atom stereocenters. The number of aliphatic carboxylic acids is 1. The fraction of sp³-hybridized carbons (Fsp3) is 0.286. The molecule has 0 aliphatic rings. The van der Waals surface area contributed by atoms with Gasteiger partial charge in [-0.1, -0.05) is 44.0 Å². The topological polar surface area (TPSA) is 113 Å². The molecular weight excluding hydrogens is 561 g/mol. The Morgan fingerprint density at radius 2 is 1.74 bits per heavy atom. The largest absolute Gasteiger partial charge is 0.480 e. The zero-order chi connectivity index (χ0) is 28.5. The molecule has 2 aromatic carbocycles. The van der Waals surface area contributed by atoms with Crippen LogP contribution >= 0.6 is 23.2 Å². The maximum atomic E-state index is 14.0. The molecule has 1 atom stereocenters. The third-order valence-electron chi connectivity index (χ3n) is 6.29. The predicted molar refractivity (Wildman–Crippen MR) is 153 cm³/mol. The van der Waals surface area contributed by atoms with Gasteiger partial charge in [0.05, 0.1) is 16.1 Å². The number of hydrogen-bond acceptors (Lipinski definition) is 5. The van der Waals surface area contributed by atoms with E-state index in [1.165, 1.54) is 18.2 Å². The molecule has 0 saturated heterocycles. The SMILES string of the molecule is CC(C)(C)C(C(=O)O)N(c1ccc2c(ccn2-c2cc(CCCO)ccn2)c1)S(=O)(=O)c1cc(Cl)cc(Cl)c1. The lowest BCUT2D eigenvalue weighted by atomic mass is 9.86. The van der Waals surface area contributed by atoms with Gasteiger partial charge in [-0.3, -0.25) is 4.31 Å². The maximum Gasteiger partial charge on any atom is 0.328 e. The lowest BCUT2D eigenvalue weighted by Gasteiger charge is -2.37. The van der Waals surface area contributed by atoms with Gasteiger partial charge < -0.3 is 14.8 Å². The lowest BCUT2D eigenvalue weighted by Crippen LogP contribution is -2.52. The summed E-state index contributed by atoms with van der Waals surface area (Å²) in [5.41, 5.74) is 1.00. The van der Waals surface area contributed by atoms with Crippen molar-refractivity contribution >= 4 is 55.8 Å². The Bertz CT molecular complexity index is 1610. The molecule has 39 heavy (non-hydrogen) atoms. The van der Waals surface area contributed by atoms with Gasteiger partial charge in [0.15, 0.2) is 0 Å². The van der Waals surface area contributed by atoms with E-state index in [1.54, 1.807) is 45.2 Å². The summed E-state index contributed by atoms with van der Waals surface area (Å²) in [5, 5.41) is 20.3. The Labute approximate surface area is 237 Å². The van der Waals surface area contributed by atoms with Gasteiger partial charge in [0.25, 0.3) is 10.0 Å². The van der Waals surface area contributed by atoms with Crippen molar-refractivity contribution in [2.75, 3.05) is 10.9 Å². The van der Waals surface area contributed by atoms with E-state index >= 15 is 0 Å². The van der Waals surface area contributed by atoms with Crippen molar-refractivity contribution in [2.45, 2.75) is 44.6 Å². The average molecular weight is 591 g/mol. The fourth-order valence-corrected chi connectivity index (χ4v) is 7.05. The number of pyridine rings is 1. The number of anilines is 1. The summed E-state index contributed by atoms with van der Waals surface area (Å²) in [6.07, 6.45) is 4.87. The molecule has 206 valence electrons. The first-order chi connectivity index (χ1) is 18.3. The highest BCUT2D eigenvalue weighted by molar-refractivity contribution is 7.93.